The molecule has 1 heterocycles. The summed E-state index contributed by atoms with van der Waals surface area (Å²) in [5.74, 6) is 0.694. The molecule has 1 amide bonds. The summed E-state index contributed by atoms with van der Waals surface area (Å²) >= 11 is 1.37. The minimum absolute atomic E-state index is 0.0366. The molecule has 1 N–H and O–H groups in total. The molecule has 2 aromatic carbocycles. The number of Topliss-reactive ketones (excluding diaryl/α,β-unsaturated/α-hetero) is 1. The number of anilines is 1. The Kier molecular flexibility index (Phi) is 6.82. The maximum absolute atomic E-state index is 12.6. The molecule has 150 valence electrons. The van der Waals surface area contributed by atoms with Gasteiger partial charge in [0.2, 0.25) is 5.91 Å². The van der Waals surface area contributed by atoms with E-state index in [1.54, 1.807) is 24.3 Å². The molecule has 1 aromatic heterocycles. The Morgan fingerprint density at radius 1 is 1.10 bits per heavy atom. The van der Waals surface area contributed by atoms with Crippen molar-refractivity contribution in [2.45, 2.75) is 44.1 Å². The first-order valence-electron chi connectivity index (χ1n) is 9.52. The number of aromatic nitrogens is 3. The van der Waals surface area contributed by atoms with Crippen LogP contribution in [0.5, 0.6) is 0 Å². The highest BCUT2D eigenvalue weighted by Crippen LogP contribution is 2.24. The van der Waals surface area contributed by atoms with Gasteiger partial charge in [-0.3, -0.25) is 9.59 Å². The highest BCUT2D eigenvalue weighted by molar-refractivity contribution is 8.00. The van der Waals surface area contributed by atoms with E-state index in [1.807, 2.05) is 36.6 Å². The molecule has 0 spiro atoms. The lowest BCUT2D eigenvalue weighted by molar-refractivity contribution is -0.115. The molecule has 0 aliphatic carbocycles. The second kappa shape index (κ2) is 9.52. The average Bonchev–Trinajstić information content (AvgIpc) is 3.09. The van der Waals surface area contributed by atoms with Crippen molar-refractivity contribution in [2.75, 3.05) is 5.32 Å². The summed E-state index contributed by atoms with van der Waals surface area (Å²) in [4.78, 5) is 24.1. The second-order valence-electron chi connectivity index (χ2n) is 6.69. The Bertz CT molecular complexity index is 1000. The van der Waals surface area contributed by atoms with Gasteiger partial charge in [-0.05, 0) is 38.5 Å². The number of nitrogens with one attached hydrogen (secondary N) is 1. The number of hydrogen-bond acceptors (Lipinski definition) is 5. The zero-order valence-electron chi connectivity index (χ0n) is 16.8. The highest BCUT2D eigenvalue weighted by Gasteiger charge is 2.20. The lowest BCUT2D eigenvalue weighted by atomic mass is 10.1. The largest absolute Gasteiger partial charge is 0.325 e. The fourth-order valence-electron chi connectivity index (χ4n) is 2.90. The minimum Gasteiger partial charge on any atom is -0.325 e. The van der Waals surface area contributed by atoms with Crippen LogP contribution in [0.2, 0.25) is 0 Å². The highest BCUT2D eigenvalue weighted by atomic mass is 32.2. The van der Waals surface area contributed by atoms with Crippen molar-refractivity contribution in [1.82, 2.24) is 14.8 Å². The molecule has 0 bridgehead atoms. The van der Waals surface area contributed by atoms with Crippen LogP contribution in [-0.4, -0.2) is 31.7 Å². The van der Waals surface area contributed by atoms with Gasteiger partial charge >= 0.3 is 0 Å². The number of thioether (sulfide) groups is 1. The number of carbonyl (C=O) groups is 2. The SMILES string of the molecule is CCn1c(Cc2ccccc2)nnc1S[C@H](C)C(=O)Nc1cccc(C(C)=O)c1. The van der Waals surface area contributed by atoms with Gasteiger partial charge in [0, 0.05) is 24.2 Å². The van der Waals surface area contributed by atoms with Crippen LogP contribution in [0.15, 0.2) is 59.8 Å². The number of benzene rings is 2. The molecular weight excluding hydrogens is 384 g/mol. The van der Waals surface area contributed by atoms with Gasteiger partial charge in [0.05, 0.1) is 5.25 Å². The predicted octanol–water partition coefficient (Wildman–Crippen LogP) is 4.21. The molecule has 0 aliphatic heterocycles. The quantitative estimate of drug-likeness (QED) is 0.446. The summed E-state index contributed by atoms with van der Waals surface area (Å²) in [6.45, 7) is 6.11. The fourth-order valence-corrected chi connectivity index (χ4v) is 3.84. The zero-order valence-corrected chi connectivity index (χ0v) is 17.6. The number of ketones is 1. The lowest BCUT2D eigenvalue weighted by Gasteiger charge is -2.13. The van der Waals surface area contributed by atoms with Crippen molar-refractivity contribution in [3.05, 3.63) is 71.5 Å². The maximum atomic E-state index is 12.6. The molecule has 29 heavy (non-hydrogen) atoms. The summed E-state index contributed by atoms with van der Waals surface area (Å²) in [6, 6.07) is 17.1. The van der Waals surface area contributed by atoms with Crippen molar-refractivity contribution < 1.29 is 9.59 Å². The van der Waals surface area contributed by atoms with E-state index in [9.17, 15) is 9.59 Å². The van der Waals surface area contributed by atoms with Crippen molar-refractivity contribution >= 4 is 29.1 Å². The molecule has 0 saturated heterocycles. The van der Waals surface area contributed by atoms with Gasteiger partial charge < -0.3 is 9.88 Å². The van der Waals surface area contributed by atoms with Gasteiger partial charge in [0.15, 0.2) is 10.9 Å². The van der Waals surface area contributed by atoms with Crippen LogP contribution in [0.3, 0.4) is 0 Å². The van der Waals surface area contributed by atoms with Crippen LogP contribution >= 0.6 is 11.8 Å². The minimum atomic E-state index is -0.366. The molecular formula is C22H24N4O2S. The predicted molar refractivity (Wildman–Crippen MR) is 115 cm³/mol. The summed E-state index contributed by atoms with van der Waals surface area (Å²) < 4.78 is 2.04. The van der Waals surface area contributed by atoms with E-state index in [0.717, 1.165) is 17.5 Å². The van der Waals surface area contributed by atoms with Crippen molar-refractivity contribution in [2.24, 2.45) is 0 Å². The standard InChI is InChI=1S/C22H24N4O2S/c1-4-26-20(13-17-9-6-5-7-10-17)24-25-22(26)29-16(3)21(28)23-19-12-8-11-18(14-19)15(2)27/h5-12,14,16H,4,13H2,1-3H3,(H,23,28)/t16-/m1/s1. The molecule has 0 fully saturated rings. The molecule has 1 atom stereocenters. The molecule has 0 unspecified atom stereocenters. The van der Waals surface area contributed by atoms with Gasteiger partial charge in [0.25, 0.3) is 0 Å². The normalized spacial score (nSPS) is 11.8. The van der Waals surface area contributed by atoms with E-state index in [1.165, 1.54) is 24.2 Å². The first-order chi connectivity index (χ1) is 14.0. The molecule has 0 radical (unpaired) electrons. The molecule has 0 saturated carbocycles. The number of rotatable bonds is 8. The fraction of sp³-hybridized carbons (Fsp3) is 0.273. The first kappa shape index (κ1) is 20.8. The summed E-state index contributed by atoms with van der Waals surface area (Å²) in [7, 11) is 0. The third-order valence-corrected chi connectivity index (χ3v) is 5.58. The van der Waals surface area contributed by atoms with Crippen LogP contribution < -0.4 is 5.32 Å². The number of carbonyl (C=O) groups excluding carboxylic acids is 2. The van der Waals surface area contributed by atoms with Gasteiger partial charge in [0.1, 0.15) is 5.82 Å². The monoisotopic (exact) mass is 408 g/mol. The number of nitrogens with zero attached hydrogens (tertiary/aromatic N) is 3. The first-order valence-corrected chi connectivity index (χ1v) is 10.4. The van der Waals surface area contributed by atoms with E-state index in [-0.39, 0.29) is 16.9 Å². The molecule has 0 aliphatic rings. The van der Waals surface area contributed by atoms with E-state index in [0.29, 0.717) is 17.7 Å². The zero-order chi connectivity index (χ0) is 20.8. The molecule has 6 nitrogen and oxygen atoms in total. The number of amides is 1. The smallest absolute Gasteiger partial charge is 0.237 e. The van der Waals surface area contributed by atoms with Gasteiger partial charge in [-0.15, -0.1) is 10.2 Å². The second-order valence-corrected chi connectivity index (χ2v) is 8.00. The third kappa shape index (κ3) is 5.32. The van der Waals surface area contributed by atoms with Crippen LogP contribution in [0, 0.1) is 0 Å². The molecule has 3 rings (SSSR count). The van der Waals surface area contributed by atoms with Gasteiger partial charge in [-0.2, -0.15) is 0 Å². The van der Waals surface area contributed by atoms with Crippen LogP contribution in [0.1, 0.15) is 42.5 Å². The Morgan fingerprint density at radius 2 is 1.86 bits per heavy atom. The summed E-state index contributed by atoms with van der Waals surface area (Å²) in [5, 5.41) is 11.9. The summed E-state index contributed by atoms with van der Waals surface area (Å²) in [5.41, 5.74) is 2.35. The Morgan fingerprint density at radius 3 is 2.55 bits per heavy atom. The van der Waals surface area contributed by atoms with Crippen LogP contribution in [0.25, 0.3) is 0 Å². The van der Waals surface area contributed by atoms with Crippen molar-refractivity contribution in [3.8, 4) is 0 Å². The summed E-state index contributed by atoms with van der Waals surface area (Å²) in [6.07, 6.45) is 0.695. The van der Waals surface area contributed by atoms with E-state index in [4.69, 9.17) is 0 Å². The molecule has 7 heteroatoms. The number of hydrogen-bond donors (Lipinski definition) is 1. The Hall–Kier alpha value is -2.93. The molecule has 3 aromatic rings. The Labute approximate surface area is 174 Å². The van der Waals surface area contributed by atoms with Crippen LogP contribution in [0.4, 0.5) is 5.69 Å². The lowest BCUT2D eigenvalue weighted by Crippen LogP contribution is -2.23. The van der Waals surface area contributed by atoms with Crippen molar-refractivity contribution in [1.29, 1.82) is 0 Å². The van der Waals surface area contributed by atoms with Gasteiger partial charge in [-0.1, -0.05) is 54.2 Å². The average molecular weight is 409 g/mol. The maximum Gasteiger partial charge on any atom is 0.237 e. The van der Waals surface area contributed by atoms with Crippen LogP contribution in [-0.2, 0) is 17.8 Å². The van der Waals surface area contributed by atoms with Crippen molar-refractivity contribution in [3.63, 3.8) is 0 Å². The Balaban J connectivity index is 1.68. The third-order valence-electron chi connectivity index (χ3n) is 4.50. The van der Waals surface area contributed by atoms with E-state index >= 15 is 0 Å². The van der Waals surface area contributed by atoms with E-state index in [2.05, 4.69) is 27.6 Å². The van der Waals surface area contributed by atoms with E-state index < -0.39 is 0 Å². The topological polar surface area (TPSA) is 76.9 Å². The van der Waals surface area contributed by atoms with Gasteiger partial charge in [-0.25, -0.2) is 0 Å².